The lowest BCUT2D eigenvalue weighted by Crippen LogP contribution is -2.27. The van der Waals surface area contributed by atoms with Gasteiger partial charge in [-0.3, -0.25) is 0 Å². The fraction of sp³-hybridized carbons (Fsp3) is 0.571. The van der Waals surface area contributed by atoms with E-state index in [4.69, 9.17) is 23.2 Å². The molecule has 0 bridgehead atoms. The summed E-state index contributed by atoms with van der Waals surface area (Å²) in [5, 5.41) is 4.04. The van der Waals surface area contributed by atoms with Crippen molar-refractivity contribution in [2.45, 2.75) is 45.1 Å². The van der Waals surface area contributed by atoms with E-state index >= 15 is 0 Å². The zero-order valence-electron chi connectivity index (χ0n) is 10.5. The predicted molar refractivity (Wildman–Crippen MR) is 76.1 cm³/mol. The van der Waals surface area contributed by atoms with E-state index in [1.807, 2.05) is 0 Å². The number of rotatable bonds is 3. The second kappa shape index (κ2) is 6.12. The maximum atomic E-state index is 13.1. The van der Waals surface area contributed by atoms with Crippen LogP contribution in [-0.4, -0.2) is 6.04 Å². The Labute approximate surface area is 118 Å². The Morgan fingerprint density at radius 3 is 2.28 bits per heavy atom. The third kappa shape index (κ3) is 3.30. The van der Waals surface area contributed by atoms with Crippen LogP contribution < -0.4 is 5.32 Å². The molecule has 4 heteroatoms. The van der Waals surface area contributed by atoms with Gasteiger partial charge < -0.3 is 5.32 Å². The molecule has 1 aromatic rings. The van der Waals surface area contributed by atoms with Gasteiger partial charge in [-0.05, 0) is 37.8 Å². The van der Waals surface area contributed by atoms with Gasteiger partial charge in [-0.1, -0.05) is 42.5 Å². The molecular weight excluding hydrogens is 272 g/mol. The minimum Gasteiger partial charge on any atom is -0.380 e. The summed E-state index contributed by atoms with van der Waals surface area (Å²) in [6.45, 7) is 2.14. The van der Waals surface area contributed by atoms with Crippen LogP contribution in [0.1, 0.15) is 39.0 Å². The molecule has 0 aromatic heterocycles. The molecule has 0 saturated heterocycles. The second-order valence-corrected chi connectivity index (χ2v) is 5.89. The van der Waals surface area contributed by atoms with Crippen LogP contribution in [0.5, 0.6) is 0 Å². The monoisotopic (exact) mass is 289 g/mol. The van der Waals surface area contributed by atoms with Crippen molar-refractivity contribution in [1.29, 1.82) is 0 Å². The third-order valence-electron chi connectivity index (χ3n) is 3.74. The first-order valence-corrected chi connectivity index (χ1v) is 7.24. The number of hydrogen-bond acceptors (Lipinski definition) is 1. The molecule has 0 radical (unpaired) electrons. The molecule has 1 atom stereocenters. The fourth-order valence-corrected chi connectivity index (χ4v) is 3.23. The largest absolute Gasteiger partial charge is 0.380 e. The molecule has 1 unspecified atom stereocenters. The Bertz CT molecular complexity index is 393. The lowest BCUT2D eigenvalue weighted by molar-refractivity contribution is 0.328. The zero-order chi connectivity index (χ0) is 13.1. The summed E-state index contributed by atoms with van der Waals surface area (Å²) in [5.74, 6) is 0.247. The highest BCUT2D eigenvalue weighted by Crippen LogP contribution is 2.34. The number of benzene rings is 1. The quantitative estimate of drug-likeness (QED) is 0.773. The van der Waals surface area contributed by atoms with Crippen molar-refractivity contribution >= 4 is 28.9 Å². The van der Waals surface area contributed by atoms with Crippen LogP contribution in [0.3, 0.4) is 0 Å². The maximum Gasteiger partial charge on any atom is 0.126 e. The van der Waals surface area contributed by atoms with Crippen LogP contribution in [0.15, 0.2) is 12.1 Å². The van der Waals surface area contributed by atoms with Crippen LogP contribution in [0.2, 0.25) is 10.0 Å². The fourth-order valence-electron chi connectivity index (χ4n) is 2.66. The number of halogens is 3. The Morgan fingerprint density at radius 1 is 1.17 bits per heavy atom. The average Bonchev–Trinajstić information content (AvgIpc) is 2.34. The molecule has 100 valence electrons. The van der Waals surface area contributed by atoms with Crippen molar-refractivity contribution in [3.63, 3.8) is 0 Å². The van der Waals surface area contributed by atoms with Gasteiger partial charge in [-0.2, -0.15) is 0 Å². The third-order valence-corrected chi connectivity index (χ3v) is 4.33. The standard InChI is InChI=1S/C14H18Cl2FN/c1-9(10-5-3-2-4-6-10)18-14-12(15)7-11(17)8-13(14)16/h7-10,18H,2-6H2,1H3. The molecule has 1 saturated carbocycles. The van der Waals surface area contributed by atoms with E-state index in [0.717, 1.165) is 0 Å². The Kier molecular flexibility index (Phi) is 4.74. The van der Waals surface area contributed by atoms with E-state index in [0.29, 0.717) is 27.7 Å². The molecule has 1 aliphatic rings. The minimum atomic E-state index is -0.402. The summed E-state index contributed by atoms with van der Waals surface area (Å²) >= 11 is 12.1. The molecule has 1 fully saturated rings. The van der Waals surface area contributed by atoms with Crippen molar-refractivity contribution in [3.8, 4) is 0 Å². The average molecular weight is 290 g/mol. The van der Waals surface area contributed by atoms with E-state index in [1.54, 1.807) is 0 Å². The lowest BCUT2D eigenvalue weighted by Gasteiger charge is -2.29. The molecule has 1 nitrogen and oxygen atoms in total. The molecule has 0 spiro atoms. The SMILES string of the molecule is CC(Nc1c(Cl)cc(F)cc1Cl)C1CCCCC1. The van der Waals surface area contributed by atoms with Crippen molar-refractivity contribution in [1.82, 2.24) is 0 Å². The van der Waals surface area contributed by atoms with Gasteiger partial charge in [0.2, 0.25) is 0 Å². The van der Waals surface area contributed by atoms with Crippen LogP contribution in [0.4, 0.5) is 10.1 Å². The second-order valence-electron chi connectivity index (χ2n) is 5.08. The minimum absolute atomic E-state index is 0.311. The molecule has 1 N–H and O–H groups in total. The van der Waals surface area contributed by atoms with Crippen LogP contribution in [-0.2, 0) is 0 Å². The summed E-state index contributed by atoms with van der Waals surface area (Å²) in [4.78, 5) is 0. The zero-order valence-corrected chi connectivity index (χ0v) is 12.0. The normalized spacial score (nSPS) is 18.7. The Balaban J connectivity index is 2.08. The van der Waals surface area contributed by atoms with E-state index in [1.165, 1.54) is 44.2 Å². The van der Waals surface area contributed by atoms with Gasteiger partial charge in [0.15, 0.2) is 0 Å². The number of anilines is 1. The van der Waals surface area contributed by atoms with Crippen molar-refractivity contribution < 1.29 is 4.39 Å². The van der Waals surface area contributed by atoms with Gasteiger partial charge in [0.05, 0.1) is 15.7 Å². The van der Waals surface area contributed by atoms with Crippen molar-refractivity contribution in [2.75, 3.05) is 5.32 Å². The number of hydrogen-bond donors (Lipinski definition) is 1. The molecule has 1 aromatic carbocycles. The molecular formula is C14H18Cl2FN. The first kappa shape index (κ1) is 14.0. The maximum absolute atomic E-state index is 13.1. The highest BCUT2D eigenvalue weighted by atomic mass is 35.5. The summed E-state index contributed by atoms with van der Waals surface area (Å²) in [6, 6.07) is 2.90. The van der Waals surface area contributed by atoms with Gasteiger partial charge >= 0.3 is 0 Å². The summed E-state index contributed by atoms with van der Waals surface area (Å²) in [6.07, 6.45) is 6.40. The van der Waals surface area contributed by atoms with E-state index in [-0.39, 0.29) is 0 Å². The smallest absolute Gasteiger partial charge is 0.126 e. The molecule has 18 heavy (non-hydrogen) atoms. The van der Waals surface area contributed by atoms with E-state index < -0.39 is 5.82 Å². The predicted octanol–water partition coefficient (Wildman–Crippen LogP) is 5.51. The van der Waals surface area contributed by atoms with Crippen LogP contribution >= 0.6 is 23.2 Å². The van der Waals surface area contributed by atoms with Gasteiger partial charge in [0.1, 0.15) is 5.82 Å². The summed E-state index contributed by atoms with van der Waals surface area (Å²) < 4.78 is 13.1. The summed E-state index contributed by atoms with van der Waals surface area (Å²) in [7, 11) is 0. The van der Waals surface area contributed by atoms with Gasteiger partial charge in [0.25, 0.3) is 0 Å². The van der Waals surface area contributed by atoms with Crippen molar-refractivity contribution in [3.05, 3.63) is 28.0 Å². The molecule has 2 rings (SSSR count). The Morgan fingerprint density at radius 2 is 1.72 bits per heavy atom. The summed E-state index contributed by atoms with van der Waals surface area (Å²) in [5.41, 5.74) is 0.651. The van der Waals surface area contributed by atoms with Gasteiger partial charge in [0, 0.05) is 6.04 Å². The van der Waals surface area contributed by atoms with Crippen LogP contribution in [0.25, 0.3) is 0 Å². The van der Waals surface area contributed by atoms with E-state index in [2.05, 4.69) is 12.2 Å². The highest BCUT2D eigenvalue weighted by molar-refractivity contribution is 6.39. The molecule has 1 aliphatic carbocycles. The Hall–Kier alpha value is -0.470. The van der Waals surface area contributed by atoms with E-state index in [9.17, 15) is 4.39 Å². The van der Waals surface area contributed by atoms with Crippen molar-refractivity contribution in [2.24, 2.45) is 5.92 Å². The van der Waals surface area contributed by atoms with Gasteiger partial charge in [-0.15, -0.1) is 0 Å². The lowest BCUT2D eigenvalue weighted by atomic mass is 9.84. The molecule has 0 aliphatic heterocycles. The first-order valence-electron chi connectivity index (χ1n) is 6.49. The topological polar surface area (TPSA) is 12.0 Å². The number of nitrogens with one attached hydrogen (secondary N) is 1. The van der Waals surface area contributed by atoms with Gasteiger partial charge in [-0.25, -0.2) is 4.39 Å². The first-order chi connectivity index (χ1) is 8.58. The van der Waals surface area contributed by atoms with Crippen LogP contribution in [0, 0.1) is 11.7 Å². The molecule has 0 amide bonds. The highest BCUT2D eigenvalue weighted by Gasteiger charge is 2.21. The molecule has 0 heterocycles.